The molecule has 1 radical (unpaired) electrons. The summed E-state index contributed by atoms with van der Waals surface area (Å²) >= 11 is 0. The van der Waals surface area contributed by atoms with E-state index in [9.17, 15) is 0 Å². The molecular weight excluding hydrogens is 126 g/mol. The van der Waals surface area contributed by atoms with E-state index in [2.05, 4.69) is 20.8 Å². The molecule has 0 fully saturated rings. The average Bonchev–Trinajstić information content (AvgIpc) is 1.99. The van der Waals surface area contributed by atoms with Gasteiger partial charge in [0.1, 0.15) is 6.61 Å². The van der Waals surface area contributed by atoms with Crippen molar-refractivity contribution in [3.63, 3.8) is 0 Å². The highest BCUT2D eigenvalue weighted by atomic mass is 16.7. The zero-order chi connectivity index (χ0) is 7.82. The normalized spacial score (nSPS) is 10.8. The molecule has 0 aromatic rings. The van der Waals surface area contributed by atoms with Crippen molar-refractivity contribution in [2.75, 3.05) is 19.7 Å². The first-order chi connectivity index (χ1) is 4.85. The summed E-state index contributed by atoms with van der Waals surface area (Å²) in [6, 6.07) is 0. The second-order valence-corrected chi connectivity index (χ2v) is 2.30. The molecule has 10 heavy (non-hydrogen) atoms. The number of hydroxylamine groups is 2. The molecule has 0 unspecified atom stereocenters. The van der Waals surface area contributed by atoms with Crippen LogP contribution in [0.4, 0.5) is 0 Å². The molecule has 61 valence electrons. The number of hydrogen-bond donors (Lipinski definition) is 0. The van der Waals surface area contributed by atoms with E-state index in [1.54, 1.807) is 0 Å². The van der Waals surface area contributed by atoms with Crippen molar-refractivity contribution >= 4 is 0 Å². The first-order valence-corrected chi connectivity index (χ1v) is 4.23. The Bertz CT molecular complexity index is 62.3. The van der Waals surface area contributed by atoms with E-state index in [-0.39, 0.29) is 0 Å². The third-order valence-corrected chi connectivity index (χ3v) is 1.48. The SMILES string of the molecule is CCCCO[N+](CC)CC. The third kappa shape index (κ3) is 4.77. The lowest BCUT2D eigenvalue weighted by Crippen LogP contribution is -2.30. The summed E-state index contributed by atoms with van der Waals surface area (Å²) in [4.78, 5) is 5.41. The Balaban J connectivity index is 3.09. The van der Waals surface area contributed by atoms with Gasteiger partial charge < -0.3 is 0 Å². The molecule has 2 nitrogen and oxygen atoms in total. The molecule has 2 heteroatoms. The highest BCUT2D eigenvalue weighted by Gasteiger charge is 2.08. The lowest BCUT2D eigenvalue weighted by atomic mass is 10.4. The molecule has 0 amide bonds. The molecule has 0 bridgehead atoms. The Hall–Kier alpha value is -0.0800. The van der Waals surface area contributed by atoms with Crippen LogP contribution < -0.4 is 5.06 Å². The van der Waals surface area contributed by atoms with Crippen LogP contribution in [0.5, 0.6) is 0 Å². The molecule has 0 saturated heterocycles. The monoisotopic (exact) mass is 145 g/mol. The van der Waals surface area contributed by atoms with Crippen molar-refractivity contribution in [1.29, 1.82) is 0 Å². The standard InChI is InChI=1S/C8H19NO/c1-4-7-8-10-9(5-2)6-3/h4-8H2,1-3H3/q+1. The van der Waals surface area contributed by atoms with Gasteiger partial charge in [0.15, 0.2) is 13.1 Å². The average molecular weight is 145 g/mol. The van der Waals surface area contributed by atoms with Crippen molar-refractivity contribution in [2.45, 2.75) is 33.6 Å². The maximum Gasteiger partial charge on any atom is 0.157 e. The largest absolute Gasteiger partial charge is 0.157 e. The molecule has 0 aliphatic rings. The molecule has 0 heterocycles. The van der Waals surface area contributed by atoms with Gasteiger partial charge in [0.2, 0.25) is 0 Å². The number of nitrogens with zero attached hydrogens (tertiary/aromatic N) is 1. The Morgan fingerprint density at radius 1 is 1.10 bits per heavy atom. The van der Waals surface area contributed by atoms with Crippen LogP contribution in [0.3, 0.4) is 0 Å². The highest BCUT2D eigenvalue weighted by molar-refractivity contribution is 4.41. The van der Waals surface area contributed by atoms with E-state index in [1.807, 2.05) is 5.06 Å². The van der Waals surface area contributed by atoms with Crippen molar-refractivity contribution < 1.29 is 4.84 Å². The minimum absolute atomic E-state index is 0.873. The van der Waals surface area contributed by atoms with Crippen LogP contribution in [0, 0.1) is 0 Å². The predicted molar refractivity (Wildman–Crippen MR) is 44.1 cm³/mol. The van der Waals surface area contributed by atoms with E-state index >= 15 is 0 Å². The molecule has 0 saturated carbocycles. The zero-order valence-electron chi connectivity index (χ0n) is 7.39. The molecule has 0 aromatic heterocycles. The van der Waals surface area contributed by atoms with Crippen molar-refractivity contribution in [3.05, 3.63) is 0 Å². The van der Waals surface area contributed by atoms with Crippen molar-refractivity contribution in [1.82, 2.24) is 5.06 Å². The predicted octanol–water partition coefficient (Wildman–Crippen LogP) is 1.90. The maximum atomic E-state index is 5.41. The molecule has 0 rings (SSSR count). The van der Waals surface area contributed by atoms with Crippen LogP contribution in [-0.4, -0.2) is 19.7 Å². The minimum Gasteiger partial charge on any atom is -0.149 e. The fourth-order valence-electron chi connectivity index (χ4n) is 0.744. The summed E-state index contributed by atoms with van der Waals surface area (Å²) < 4.78 is 0. The Labute approximate surface area is 64.1 Å². The molecule has 0 aliphatic carbocycles. The van der Waals surface area contributed by atoms with Gasteiger partial charge in [-0.2, -0.15) is 0 Å². The van der Waals surface area contributed by atoms with E-state index < -0.39 is 0 Å². The van der Waals surface area contributed by atoms with Crippen LogP contribution in [0.1, 0.15) is 33.6 Å². The maximum absolute atomic E-state index is 5.41. The Morgan fingerprint density at radius 3 is 2.10 bits per heavy atom. The second kappa shape index (κ2) is 7.03. The van der Waals surface area contributed by atoms with Crippen molar-refractivity contribution in [3.8, 4) is 0 Å². The highest BCUT2D eigenvalue weighted by Crippen LogP contribution is 1.90. The van der Waals surface area contributed by atoms with Crippen LogP contribution in [0.25, 0.3) is 0 Å². The number of rotatable bonds is 6. The molecule has 0 atom stereocenters. The van der Waals surface area contributed by atoms with Crippen LogP contribution >= 0.6 is 0 Å². The van der Waals surface area contributed by atoms with E-state index in [1.165, 1.54) is 6.42 Å². The van der Waals surface area contributed by atoms with Gasteiger partial charge in [-0.25, -0.2) is 0 Å². The van der Waals surface area contributed by atoms with E-state index in [4.69, 9.17) is 4.84 Å². The summed E-state index contributed by atoms with van der Waals surface area (Å²) in [7, 11) is 0. The molecule has 0 aliphatic heterocycles. The quantitative estimate of drug-likeness (QED) is 0.316. The van der Waals surface area contributed by atoms with E-state index in [0.717, 1.165) is 26.1 Å². The third-order valence-electron chi connectivity index (χ3n) is 1.48. The first kappa shape index (κ1) is 9.92. The van der Waals surface area contributed by atoms with Gasteiger partial charge in [-0.1, -0.05) is 13.3 Å². The number of unbranched alkanes of at least 4 members (excludes halogenated alkanes) is 1. The fraction of sp³-hybridized carbons (Fsp3) is 1.00. The lowest BCUT2D eigenvalue weighted by Gasteiger charge is -2.03. The summed E-state index contributed by atoms with van der Waals surface area (Å²) in [5, 5.41) is 1.98. The fourth-order valence-corrected chi connectivity index (χ4v) is 0.744. The van der Waals surface area contributed by atoms with E-state index in [0.29, 0.717) is 0 Å². The topological polar surface area (TPSA) is 15.1 Å². The smallest absolute Gasteiger partial charge is 0.149 e. The van der Waals surface area contributed by atoms with Crippen LogP contribution in [-0.2, 0) is 4.84 Å². The van der Waals surface area contributed by atoms with Crippen LogP contribution in [0.15, 0.2) is 0 Å². The van der Waals surface area contributed by atoms with Gasteiger partial charge in [0.05, 0.1) is 0 Å². The molecule has 0 aromatic carbocycles. The van der Waals surface area contributed by atoms with Gasteiger partial charge in [0, 0.05) is 0 Å². The molecule has 0 N–H and O–H groups in total. The minimum atomic E-state index is 0.873. The van der Waals surface area contributed by atoms with Gasteiger partial charge >= 0.3 is 0 Å². The second-order valence-electron chi connectivity index (χ2n) is 2.30. The zero-order valence-corrected chi connectivity index (χ0v) is 7.39. The molecule has 0 spiro atoms. The van der Waals surface area contributed by atoms with Crippen LogP contribution in [0.2, 0.25) is 0 Å². The number of hydrogen-bond acceptors (Lipinski definition) is 2. The first-order valence-electron chi connectivity index (χ1n) is 4.23. The van der Waals surface area contributed by atoms with Gasteiger partial charge in [0.25, 0.3) is 0 Å². The summed E-state index contributed by atoms with van der Waals surface area (Å²) in [6.45, 7) is 9.23. The lowest BCUT2D eigenvalue weighted by molar-refractivity contribution is -0.0660. The Morgan fingerprint density at radius 2 is 1.70 bits per heavy atom. The van der Waals surface area contributed by atoms with Gasteiger partial charge in [-0.05, 0) is 25.3 Å². The van der Waals surface area contributed by atoms with Crippen molar-refractivity contribution in [2.24, 2.45) is 0 Å². The Kier molecular flexibility index (Phi) is 6.98. The summed E-state index contributed by atoms with van der Waals surface area (Å²) in [5.41, 5.74) is 0. The molecular formula is C8H19NO+. The van der Waals surface area contributed by atoms with Gasteiger partial charge in [-0.15, -0.1) is 4.84 Å². The summed E-state index contributed by atoms with van der Waals surface area (Å²) in [6.07, 6.45) is 2.37. The summed E-state index contributed by atoms with van der Waals surface area (Å²) in [5.74, 6) is 0. The van der Waals surface area contributed by atoms with Gasteiger partial charge in [-0.3, -0.25) is 0 Å².